The molecule has 0 aliphatic carbocycles. The average molecular weight is 261 g/mol. The van der Waals surface area contributed by atoms with Crippen LogP contribution in [-0.4, -0.2) is 19.6 Å². The van der Waals surface area contributed by atoms with Crippen LogP contribution in [0.5, 0.6) is 0 Å². The summed E-state index contributed by atoms with van der Waals surface area (Å²) in [5.74, 6) is 0. The summed E-state index contributed by atoms with van der Waals surface area (Å²) in [7, 11) is 1.95. The van der Waals surface area contributed by atoms with Crippen molar-refractivity contribution in [3.05, 3.63) is 35.4 Å². The van der Waals surface area contributed by atoms with Crippen LogP contribution in [0.4, 0.5) is 0 Å². The van der Waals surface area contributed by atoms with Crippen LogP contribution in [0.1, 0.15) is 43.3 Å². The Hall–Kier alpha value is -1.62. The molecule has 0 saturated heterocycles. The first-order chi connectivity index (χ1) is 9.11. The van der Waals surface area contributed by atoms with Gasteiger partial charge in [0.1, 0.15) is 0 Å². The normalized spacial score (nSPS) is 12.8. The lowest BCUT2D eigenvalue weighted by Gasteiger charge is -2.14. The van der Waals surface area contributed by atoms with Crippen LogP contribution in [0.25, 0.3) is 0 Å². The summed E-state index contributed by atoms with van der Waals surface area (Å²) in [6.07, 6.45) is 5.03. The third-order valence-corrected chi connectivity index (χ3v) is 3.50. The quantitative estimate of drug-likeness (QED) is 0.867. The fraction of sp³-hybridized carbons (Fsp3) is 0.571. The molecule has 19 heavy (non-hydrogen) atoms. The fourth-order valence-electron chi connectivity index (χ4n) is 2.20. The van der Waals surface area contributed by atoms with Gasteiger partial charge in [-0.1, -0.05) is 6.92 Å². The van der Waals surface area contributed by atoms with Gasteiger partial charge in [0.15, 0.2) is 0 Å². The van der Waals surface area contributed by atoms with E-state index >= 15 is 0 Å². The molecule has 0 aliphatic rings. The standard InChI is InChI=1S/C14H23N5/c1-5-11(2)19-14(6-7-16-19)9-15-8-13-10-18(4)17-12(13)3/h6-7,10-11,15H,5,8-9H2,1-4H3/t11-/m0/s1. The van der Waals surface area contributed by atoms with Gasteiger partial charge in [-0.15, -0.1) is 0 Å². The molecule has 0 radical (unpaired) electrons. The number of nitrogens with zero attached hydrogens (tertiary/aromatic N) is 4. The molecule has 0 amide bonds. The average Bonchev–Trinajstić information content (AvgIpc) is 2.96. The van der Waals surface area contributed by atoms with Gasteiger partial charge < -0.3 is 5.32 Å². The molecule has 2 aromatic rings. The third-order valence-electron chi connectivity index (χ3n) is 3.50. The number of hydrogen-bond donors (Lipinski definition) is 1. The van der Waals surface area contributed by atoms with Crippen LogP contribution < -0.4 is 5.32 Å². The van der Waals surface area contributed by atoms with Crippen molar-refractivity contribution in [2.24, 2.45) is 7.05 Å². The Bertz CT molecular complexity index is 526. The molecule has 0 aliphatic heterocycles. The number of rotatable bonds is 6. The Morgan fingerprint density at radius 3 is 2.79 bits per heavy atom. The smallest absolute Gasteiger partial charge is 0.0638 e. The van der Waals surface area contributed by atoms with Crippen molar-refractivity contribution in [3.63, 3.8) is 0 Å². The number of aryl methyl sites for hydroxylation is 2. The molecule has 0 unspecified atom stereocenters. The van der Waals surface area contributed by atoms with E-state index in [2.05, 4.69) is 46.3 Å². The lowest BCUT2D eigenvalue weighted by molar-refractivity contribution is 0.451. The summed E-state index contributed by atoms with van der Waals surface area (Å²) in [6.45, 7) is 8.09. The maximum Gasteiger partial charge on any atom is 0.0638 e. The number of aromatic nitrogens is 4. The molecule has 104 valence electrons. The van der Waals surface area contributed by atoms with Gasteiger partial charge in [-0.2, -0.15) is 10.2 Å². The van der Waals surface area contributed by atoms with E-state index in [-0.39, 0.29) is 0 Å². The van der Waals surface area contributed by atoms with Crippen LogP contribution >= 0.6 is 0 Å². The van der Waals surface area contributed by atoms with E-state index < -0.39 is 0 Å². The second-order valence-corrected chi connectivity index (χ2v) is 5.04. The predicted molar refractivity (Wildman–Crippen MR) is 75.7 cm³/mol. The highest BCUT2D eigenvalue weighted by molar-refractivity contribution is 5.15. The molecule has 5 heteroatoms. The van der Waals surface area contributed by atoms with Crippen molar-refractivity contribution >= 4 is 0 Å². The van der Waals surface area contributed by atoms with Crippen molar-refractivity contribution in [1.29, 1.82) is 0 Å². The van der Waals surface area contributed by atoms with Gasteiger partial charge in [0.2, 0.25) is 0 Å². The lowest BCUT2D eigenvalue weighted by atomic mass is 10.2. The zero-order valence-corrected chi connectivity index (χ0v) is 12.2. The van der Waals surface area contributed by atoms with Crippen LogP contribution in [-0.2, 0) is 20.1 Å². The molecule has 2 aromatic heterocycles. The zero-order valence-electron chi connectivity index (χ0n) is 12.2. The summed E-state index contributed by atoms with van der Waals surface area (Å²) in [5.41, 5.74) is 3.57. The van der Waals surface area contributed by atoms with E-state index in [1.165, 1.54) is 11.3 Å². The highest BCUT2D eigenvalue weighted by atomic mass is 15.3. The second kappa shape index (κ2) is 6.02. The molecule has 0 bridgehead atoms. The minimum atomic E-state index is 0.451. The first-order valence-electron chi connectivity index (χ1n) is 6.84. The van der Waals surface area contributed by atoms with Crippen LogP contribution in [0.15, 0.2) is 18.5 Å². The van der Waals surface area contributed by atoms with Gasteiger partial charge in [0, 0.05) is 44.1 Å². The predicted octanol–water partition coefficient (Wildman–Crippen LogP) is 2.19. The van der Waals surface area contributed by atoms with E-state index in [0.29, 0.717) is 6.04 Å². The van der Waals surface area contributed by atoms with Gasteiger partial charge >= 0.3 is 0 Å². The van der Waals surface area contributed by atoms with Gasteiger partial charge in [-0.05, 0) is 26.3 Å². The Labute approximate surface area is 114 Å². The van der Waals surface area contributed by atoms with Crippen molar-refractivity contribution in [1.82, 2.24) is 24.9 Å². The molecule has 0 fully saturated rings. The van der Waals surface area contributed by atoms with E-state index in [0.717, 1.165) is 25.2 Å². The number of hydrogen-bond acceptors (Lipinski definition) is 3. The molecular weight excluding hydrogens is 238 g/mol. The third kappa shape index (κ3) is 3.23. The Morgan fingerprint density at radius 1 is 1.37 bits per heavy atom. The molecule has 2 rings (SSSR count). The van der Waals surface area contributed by atoms with E-state index in [4.69, 9.17) is 0 Å². The summed E-state index contributed by atoms with van der Waals surface area (Å²) in [6, 6.07) is 2.53. The molecule has 0 saturated carbocycles. The zero-order chi connectivity index (χ0) is 13.8. The minimum absolute atomic E-state index is 0.451. The van der Waals surface area contributed by atoms with Crippen LogP contribution in [0.3, 0.4) is 0 Å². The molecule has 1 N–H and O–H groups in total. The van der Waals surface area contributed by atoms with Gasteiger partial charge in [0.05, 0.1) is 11.4 Å². The summed E-state index contributed by atoms with van der Waals surface area (Å²) < 4.78 is 3.96. The lowest BCUT2D eigenvalue weighted by Crippen LogP contribution is -2.18. The van der Waals surface area contributed by atoms with Gasteiger partial charge in [-0.3, -0.25) is 9.36 Å². The first kappa shape index (κ1) is 13.8. The highest BCUT2D eigenvalue weighted by Crippen LogP contribution is 2.12. The molecule has 1 atom stereocenters. The van der Waals surface area contributed by atoms with E-state index in [1.807, 2.05) is 24.9 Å². The Kier molecular flexibility index (Phi) is 4.37. The summed E-state index contributed by atoms with van der Waals surface area (Å²) in [5, 5.41) is 12.2. The maximum absolute atomic E-state index is 4.39. The Balaban J connectivity index is 1.93. The molecular formula is C14H23N5. The van der Waals surface area contributed by atoms with Gasteiger partial charge in [-0.25, -0.2) is 0 Å². The van der Waals surface area contributed by atoms with Crippen LogP contribution in [0, 0.1) is 6.92 Å². The molecule has 2 heterocycles. The first-order valence-corrected chi connectivity index (χ1v) is 6.84. The van der Waals surface area contributed by atoms with E-state index in [1.54, 1.807) is 0 Å². The highest BCUT2D eigenvalue weighted by Gasteiger charge is 2.08. The molecule has 5 nitrogen and oxygen atoms in total. The monoisotopic (exact) mass is 261 g/mol. The molecule has 0 aromatic carbocycles. The van der Waals surface area contributed by atoms with Crippen molar-refractivity contribution in [2.45, 2.75) is 46.3 Å². The van der Waals surface area contributed by atoms with Crippen molar-refractivity contribution < 1.29 is 0 Å². The fourth-order valence-corrected chi connectivity index (χ4v) is 2.20. The van der Waals surface area contributed by atoms with Crippen molar-refractivity contribution in [3.8, 4) is 0 Å². The maximum atomic E-state index is 4.39. The van der Waals surface area contributed by atoms with Crippen molar-refractivity contribution in [2.75, 3.05) is 0 Å². The summed E-state index contributed by atoms with van der Waals surface area (Å²) >= 11 is 0. The number of nitrogens with one attached hydrogen (secondary N) is 1. The van der Waals surface area contributed by atoms with Crippen LogP contribution in [0.2, 0.25) is 0 Å². The largest absolute Gasteiger partial charge is 0.307 e. The Morgan fingerprint density at radius 2 is 2.16 bits per heavy atom. The SMILES string of the molecule is CC[C@H](C)n1nccc1CNCc1cn(C)nc1C. The summed E-state index contributed by atoms with van der Waals surface area (Å²) in [4.78, 5) is 0. The van der Waals surface area contributed by atoms with Gasteiger partial charge in [0.25, 0.3) is 0 Å². The topological polar surface area (TPSA) is 47.7 Å². The molecule has 0 spiro atoms. The van der Waals surface area contributed by atoms with E-state index in [9.17, 15) is 0 Å². The minimum Gasteiger partial charge on any atom is -0.307 e. The second-order valence-electron chi connectivity index (χ2n) is 5.04.